The molecule has 0 spiro atoms. The zero-order valence-corrected chi connectivity index (χ0v) is 12.1. The van der Waals surface area contributed by atoms with Gasteiger partial charge >= 0.3 is 0 Å². The van der Waals surface area contributed by atoms with Gasteiger partial charge in [0, 0.05) is 16.2 Å². The van der Waals surface area contributed by atoms with E-state index in [4.69, 9.17) is 11.6 Å². The summed E-state index contributed by atoms with van der Waals surface area (Å²) >= 11 is 9.68. The Kier molecular flexibility index (Phi) is 3.85. The van der Waals surface area contributed by atoms with Crippen LogP contribution in [0.5, 0.6) is 0 Å². The zero-order valence-electron chi connectivity index (χ0n) is 9.74. The molecule has 0 saturated carbocycles. The molecular formula is C14H13BrClN. The van der Waals surface area contributed by atoms with Gasteiger partial charge in [0.2, 0.25) is 0 Å². The van der Waals surface area contributed by atoms with Crippen LogP contribution in [0.1, 0.15) is 25.3 Å². The summed E-state index contributed by atoms with van der Waals surface area (Å²) in [4.78, 5) is 4.13. The van der Waals surface area contributed by atoms with Crippen LogP contribution in [0.4, 0.5) is 0 Å². The lowest BCUT2D eigenvalue weighted by Crippen LogP contribution is -1.90. The van der Waals surface area contributed by atoms with Crippen LogP contribution < -0.4 is 0 Å². The first-order valence-corrected chi connectivity index (χ1v) is 6.67. The van der Waals surface area contributed by atoms with Gasteiger partial charge < -0.3 is 0 Å². The highest BCUT2D eigenvalue weighted by atomic mass is 79.9. The van der Waals surface area contributed by atoms with E-state index in [1.54, 1.807) is 6.20 Å². The van der Waals surface area contributed by atoms with Crippen molar-refractivity contribution in [3.8, 4) is 11.1 Å². The van der Waals surface area contributed by atoms with E-state index >= 15 is 0 Å². The normalized spacial score (nSPS) is 10.9. The van der Waals surface area contributed by atoms with Crippen LogP contribution >= 0.6 is 27.5 Å². The first-order chi connectivity index (χ1) is 8.09. The monoisotopic (exact) mass is 309 g/mol. The van der Waals surface area contributed by atoms with Crippen LogP contribution in [0, 0.1) is 0 Å². The molecule has 17 heavy (non-hydrogen) atoms. The van der Waals surface area contributed by atoms with Gasteiger partial charge in [-0.25, -0.2) is 4.98 Å². The average molecular weight is 311 g/mol. The molecule has 0 bridgehead atoms. The van der Waals surface area contributed by atoms with Gasteiger partial charge in [-0.15, -0.1) is 0 Å². The summed E-state index contributed by atoms with van der Waals surface area (Å²) in [5.74, 6) is 0.504. The van der Waals surface area contributed by atoms with E-state index in [1.807, 2.05) is 6.07 Å². The smallest absolute Gasteiger partial charge is 0.137 e. The Bertz CT molecular complexity index is 517. The average Bonchev–Trinajstić information content (AvgIpc) is 2.29. The van der Waals surface area contributed by atoms with Gasteiger partial charge in [-0.3, -0.25) is 0 Å². The van der Waals surface area contributed by atoms with Crippen molar-refractivity contribution < 1.29 is 0 Å². The standard InChI is InChI=1S/C14H13BrClN/c1-9(2)10-4-3-5-11(8-10)13-12(15)6-7-17-14(13)16/h3-9H,1-2H3. The minimum absolute atomic E-state index is 0.504. The lowest BCUT2D eigenvalue weighted by molar-refractivity contribution is 0.867. The van der Waals surface area contributed by atoms with Crippen LogP contribution in [0.3, 0.4) is 0 Å². The van der Waals surface area contributed by atoms with Crippen LogP contribution in [-0.2, 0) is 0 Å². The maximum absolute atomic E-state index is 6.15. The van der Waals surface area contributed by atoms with Gasteiger partial charge in [0.05, 0.1) is 0 Å². The van der Waals surface area contributed by atoms with Crippen molar-refractivity contribution in [3.05, 3.63) is 51.7 Å². The summed E-state index contributed by atoms with van der Waals surface area (Å²) in [5.41, 5.74) is 3.35. The van der Waals surface area contributed by atoms with Gasteiger partial charge in [0.1, 0.15) is 5.15 Å². The second kappa shape index (κ2) is 5.19. The lowest BCUT2D eigenvalue weighted by atomic mass is 9.98. The van der Waals surface area contributed by atoms with Crippen molar-refractivity contribution in [2.24, 2.45) is 0 Å². The fourth-order valence-corrected chi connectivity index (χ4v) is 2.64. The zero-order chi connectivity index (χ0) is 12.4. The largest absolute Gasteiger partial charge is 0.244 e. The lowest BCUT2D eigenvalue weighted by Gasteiger charge is -2.10. The summed E-state index contributed by atoms with van der Waals surface area (Å²) in [6.07, 6.45) is 1.70. The second-order valence-corrected chi connectivity index (χ2v) is 5.45. The minimum Gasteiger partial charge on any atom is -0.244 e. The molecule has 1 aromatic carbocycles. The third kappa shape index (κ3) is 2.70. The third-order valence-electron chi connectivity index (χ3n) is 2.70. The molecule has 1 aromatic heterocycles. The molecule has 0 atom stereocenters. The molecule has 2 aromatic rings. The number of halogens is 2. The predicted octanol–water partition coefficient (Wildman–Crippen LogP) is 5.29. The van der Waals surface area contributed by atoms with Crippen molar-refractivity contribution in [3.63, 3.8) is 0 Å². The van der Waals surface area contributed by atoms with Crippen molar-refractivity contribution >= 4 is 27.5 Å². The Balaban J connectivity index is 2.57. The SMILES string of the molecule is CC(C)c1cccc(-c2c(Br)ccnc2Cl)c1. The Hall–Kier alpha value is -0.860. The molecule has 0 aliphatic heterocycles. The molecule has 0 radical (unpaired) electrons. The van der Waals surface area contributed by atoms with E-state index in [0.29, 0.717) is 11.1 Å². The number of aromatic nitrogens is 1. The maximum Gasteiger partial charge on any atom is 0.137 e. The first-order valence-electron chi connectivity index (χ1n) is 5.50. The molecule has 0 aliphatic rings. The summed E-state index contributed by atoms with van der Waals surface area (Å²) in [6, 6.07) is 10.3. The van der Waals surface area contributed by atoms with Gasteiger partial charge in [-0.1, -0.05) is 49.7 Å². The van der Waals surface area contributed by atoms with E-state index < -0.39 is 0 Å². The minimum atomic E-state index is 0.504. The molecule has 1 heterocycles. The van der Waals surface area contributed by atoms with Crippen molar-refractivity contribution in [1.29, 1.82) is 0 Å². The predicted molar refractivity (Wildman–Crippen MR) is 76.5 cm³/mol. The van der Waals surface area contributed by atoms with Crippen molar-refractivity contribution in [2.75, 3.05) is 0 Å². The molecule has 0 fully saturated rings. The summed E-state index contributed by atoms with van der Waals surface area (Å²) < 4.78 is 0.971. The summed E-state index contributed by atoms with van der Waals surface area (Å²) in [5, 5.41) is 0.528. The van der Waals surface area contributed by atoms with Gasteiger partial charge in [0.15, 0.2) is 0 Å². The van der Waals surface area contributed by atoms with Gasteiger partial charge in [-0.2, -0.15) is 0 Å². The van der Waals surface area contributed by atoms with Crippen molar-refractivity contribution in [1.82, 2.24) is 4.98 Å². The molecule has 0 N–H and O–H groups in total. The fourth-order valence-electron chi connectivity index (χ4n) is 1.72. The Morgan fingerprint density at radius 3 is 2.65 bits per heavy atom. The third-order valence-corrected chi connectivity index (χ3v) is 3.64. The van der Waals surface area contributed by atoms with Crippen LogP contribution in [0.15, 0.2) is 41.0 Å². The van der Waals surface area contributed by atoms with E-state index in [2.05, 4.69) is 59.0 Å². The molecule has 2 rings (SSSR count). The van der Waals surface area contributed by atoms with Gasteiger partial charge in [-0.05, 0) is 39.0 Å². The molecule has 88 valence electrons. The van der Waals surface area contributed by atoms with Crippen LogP contribution in [0.25, 0.3) is 11.1 Å². The molecular weight excluding hydrogens is 298 g/mol. The summed E-state index contributed by atoms with van der Waals surface area (Å²) in [7, 11) is 0. The van der Waals surface area contributed by atoms with Crippen LogP contribution in [0.2, 0.25) is 5.15 Å². The maximum atomic E-state index is 6.15. The van der Waals surface area contributed by atoms with E-state index in [1.165, 1.54) is 5.56 Å². The Morgan fingerprint density at radius 2 is 2.00 bits per heavy atom. The molecule has 0 amide bonds. The van der Waals surface area contributed by atoms with Crippen LogP contribution in [-0.4, -0.2) is 4.98 Å². The number of pyridine rings is 1. The Morgan fingerprint density at radius 1 is 1.24 bits per heavy atom. The molecule has 1 nitrogen and oxygen atoms in total. The number of hydrogen-bond acceptors (Lipinski definition) is 1. The second-order valence-electron chi connectivity index (χ2n) is 4.24. The number of rotatable bonds is 2. The number of hydrogen-bond donors (Lipinski definition) is 0. The molecule has 0 unspecified atom stereocenters. The van der Waals surface area contributed by atoms with E-state index in [0.717, 1.165) is 15.6 Å². The Labute approximate surface area is 115 Å². The molecule has 0 aliphatic carbocycles. The molecule has 0 saturated heterocycles. The summed E-state index contributed by atoms with van der Waals surface area (Å²) in [6.45, 7) is 4.36. The first kappa shape index (κ1) is 12.6. The highest BCUT2D eigenvalue weighted by molar-refractivity contribution is 9.10. The van der Waals surface area contributed by atoms with E-state index in [-0.39, 0.29) is 0 Å². The number of nitrogens with zero attached hydrogens (tertiary/aromatic N) is 1. The van der Waals surface area contributed by atoms with E-state index in [9.17, 15) is 0 Å². The van der Waals surface area contributed by atoms with Crippen molar-refractivity contribution in [2.45, 2.75) is 19.8 Å². The topological polar surface area (TPSA) is 12.9 Å². The highest BCUT2D eigenvalue weighted by Gasteiger charge is 2.10. The fraction of sp³-hybridized carbons (Fsp3) is 0.214. The van der Waals surface area contributed by atoms with Gasteiger partial charge in [0.25, 0.3) is 0 Å². The highest BCUT2D eigenvalue weighted by Crippen LogP contribution is 2.34. The number of benzene rings is 1. The quantitative estimate of drug-likeness (QED) is 0.687. The molecule has 3 heteroatoms.